The number of benzene rings is 7. The molecule has 0 bridgehead atoms. The summed E-state index contributed by atoms with van der Waals surface area (Å²) in [5.41, 5.74) is 11.7. The Kier molecular flexibility index (Phi) is 6.47. The predicted octanol–water partition coefficient (Wildman–Crippen LogP) is 11.5. The minimum atomic E-state index is 0.783. The van der Waals surface area contributed by atoms with Crippen molar-refractivity contribution in [1.29, 1.82) is 0 Å². The van der Waals surface area contributed by atoms with Crippen LogP contribution in [0.15, 0.2) is 175 Å². The Bertz CT molecular complexity index is 2210. The molecule has 0 aliphatic heterocycles. The summed E-state index contributed by atoms with van der Waals surface area (Å²) in [7, 11) is 0. The molecule has 1 aromatic heterocycles. The summed E-state index contributed by atoms with van der Waals surface area (Å²) < 4.78 is 5.88. The van der Waals surface area contributed by atoms with Crippen LogP contribution in [0.2, 0.25) is 0 Å². The van der Waals surface area contributed by atoms with Crippen LogP contribution >= 0.6 is 0 Å². The molecule has 0 saturated carbocycles. The second kappa shape index (κ2) is 11.0. The highest BCUT2D eigenvalue weighted by molar-refractivity contribution is 5.99. The maximum atomic E-state index is 5.88. The van der Waals surface area contributed by atoms with Gasteiger partial charge in [-0.3, -0.25) is 0 Å². The van der Waals surface area contributed by atoms with Gasteiger partial charge in [-0.05, 0) is 69.4 Å². The van der Waals surface area contributed by atoms with Crippen molar-refractivity contribution in [1.82, 2.24) is 4.98 Å². The number of para-hydroxylation sites is 2. The molecule has 1 heterocycles. The first-order chi connectivity index (χ1) is 21.8. The zero-order chi connectivity index (χ0) is 29.3. The van der Waals surface area contributed by atoms with Crippen LogP contribution in [0.1, 0.15) is 0 Å². The summed E-state index contributed by atoms with van der Waals surface area (Å²) in [6.07, 6.45) is 1.52. The van der Waals surface area contributed by atoms with Crippen LogP contribution in [-0.4, -0.2) is 4.98 Å². The lowest BCUT2D eigenvalue weighted by Gasteiger charge is -2.28. The fourth-order valence-electron chi connectivity index (χ4n) is 6.12. The topological polar surface area (TPSA) is 29.3 Å². The van der Waals surface area contributed by atoms with Gasteiger partial charge in [-0.2, -0.15) is 0 Å². The molecule has 0 saturated heterocycles. The number of rotatable bonds is 6. The molecule has 0 amide bonds. The minimum absolute atomic E-state index is 0.783. The van der Waals surface area contributed by atoms with E-state index < -0.39 is 0 Å². The number of nitrogens with zero attached hydrogens (tertiary/aromatic N) is 2. The van der Waals surface area contributed by atoms with Gasteiger partial charge in [0.2, 0.25) is 0 Å². The largest absolute Gasteiger partial charge is 0.443 e. The van der Waals surface area contributed by atoms with Crippen molar-refractivity contribution in [3.63, 3.8) is 0 Å². The van der Waals surface area contributed by atoms with Crippen LogP contribution in [-0.2, 0) is 0 Å². The molecule has 0 atom stereocenters. The van der Waals surface area contributed by atoms with Gasteiger partial charge in [0, 0.05) is 22.5 Å². The van der Waals surface area contributed by atoms with E-state index >= 15 is 0 Å². The smallest absolute Gasteiger partial charge is 0.182 e. The van der Waals surface area contributed by atoms with Crippen LogP contribution in [0.3, 0.4) is 0 Å². The molecule has 208 valence electrons. The maximum absolute atomic E-state index is 5.88. The van der Waals surface area contributed by atoms with E-state index in [2.05, 4.69) is 155 Å². The summed E-state index contributed by atoms with van der Waals surface area (Å²) in [5, 5.41) is 2.49. The van der Waals surface area contributed by atoms with Gasteiger partial charge >= 0.3 is 0 Å². The fraction of sp³-hybridized carbons (Fsp3) is 0. The molecular weight excluding hydrogens is 536 g/mol. The molecule has 44 heavy (non-hydrogen) atoms. The lowest BCUT2D eigenvalue weighted by molar-refractivity contribution is 0.603. The predicted molar refractivity (Wildman–Crippen MR) is 183 cm³/mol. The van der Waals surface area contributed by atoms with E-state index in [0.717, 1.165) is 39.3 Å². The molecule has 0 aliphatic carbocycles. The Morgan fingerprint density at radius 3 is 1.84 bits per heavy atom. The fourth-order valence-corrected chi connectivity index (χ4v) is 6.12. The van der Waals surface area contributed by atoms with Crippen molar-refractivity contribution in [2.45, 2.75) is 0 Å². The first-order valence-electron chi connectivity index (χ1n) is 14.8. The average Bonchev–Trinajstić information content (AvgIpc) is 3.59. The second-order valence-electron chi connectivity index (χ2n) is 10.8. The van der Waals surface area contributed by atoms with E-state index in [1.54, 1.807) is 0 Å². The highest BCUT2D eigenvalue weighted by Crippen LogP contribution is 2.43. The molecule has 0 N–H and O–H groups in total. The zero-order valence-electron chi connectivity index (χ0n) is 24.0. The number of hydrogen-bond donors (Lipinski definition) is 0. The first-order valence-corrected chi connectivity index (χ1v) is 14.8. The Hall–Kier alpha value is -5.93. The highest BCUT2D eigenvalue weighted by atomic mass is 16.3. The molecule has 8 rings (SSSR count). The van der Waals surface area contributed by atoms with E-state index in [1.807, 2.05) is 18.2 Å². The second-order valence-corrected chi connectivity index (χ2v) is 10.8. The summed E-state index contributed by atoms with van der Waals surface area (Å²) in [5.74, 6) is 0. The Morgan fingerprint density at radius 1 is 0.432 bits per heavy atom. The molecule has 7 aromatic carbocycles. The van der Waals surface area contributed by atoms with E-state index in [1.165, 1.54) is 39.4 Å². The van der Waals surface area contributed by atoms with Gasteiger partial charge in [-0.1, -0.05) is 127 Å². The molecule has 0 fully saturated rings. The van der Waals surface area contributed by atoms with E-state index in [9.17, 15) is 0 Å². The quantitative estimate of drug-likeness (QED) is 0.201. The van der Waals surface area contributed by atoms with Crippen LogP contribution in [0.25, 0.3) is 55.3 Å². The highest BCUT2D eigenvalue weighted by Gasteiger charge is 2.19. The molecule has 0 unspecified atom stereocenters. The Morgan fingerprint density at radius 2 is 1.02 bits per heavy atom. The van der Waals surface area contributed by atoms with Gasteiger partial charge in [0.25, 0.3) is 0 Å². The lowest BCUT2D eigenvalue weighted by atomic mass is 9.97. The number of oxazole rings is 1. The van der Waals surface area contributed by atoms with E-state index in [-0.39, 0.29) is 0 Å². The number of fused-ring (bicyclic) bond motifs is 2. The molecule has 3 nitrogen and oxygen atoms in total. The van der Waals surface area contributed by atoms with Crippen LogP contribution in [0.5, 0.6) is 0 Å². The third-order valence-corrected chi connectivity index (χ3v) is 8.25. The Balaban J connectivity index is 1.28. The molecule has 3 heteroatoms. The van der Waals surface area contributed by atoms with Gasteiger partial charge in [-0.15, -0.1) is 0 Å². The van der Waals surface area contributed by atoms with Gasteiger partial charge in [0.15, 0.2) is 12.0 Å². The van der Waals surface area contributed by atoms with Gasteiger partial charge in [0.05, 0.1) is 5.69 Å². The van der Waals surface area contributed by atoms with Crippen molar-refractivity contribution >= 4 is 38.9 Å². The molecule has 0 spiro atoms. The van der Waals surface area contributed by atoms with Crippen LogP contribution < -0.4 is 4.90 Å². The van der Waals surface area contributed by atoms with Crippen molar-refractivity contribution in [3.05, 3.63) is 170 Å². The summed E-state index contributed by atoms with van der Waals surface area (Å²) in [6.45, 7) is 0. The zero-order valence-corrected chi connectivity index (χ0v) is 24.0. The lowest BCUT2D eigenvalue weighted by Crippen LogP contribution is -2.11. The van der Waals surface area contributed by atoms with Gasteiger partial charge < -0.3 is 9.32 Å². The van der Waals surface area contributed by atoms with Crippen molar-refractivity contribution in [3.8, 4) is 33.4 Å². The third kappa shape index (κ3) is 4.61. The maximum Gasteiger partial charge on any atom is 0.182 e. The number of hydrogen-bond acceptors (Lipinski definition) is 3. The van der Waals surface area contributed by atoms with Gasteiger partial charge in [0.1, 0.15) is 5.52 Å². The summed E-state index contributed by atoms with van der Waals surface area (Å²) in [4.78, 5) is 6.74. The van der Waals surface area contributed by atoms with Crippen LogP contribution in [0, 0.1) is 0 Å². The number of anilines is 3. The minimum Gasteiger partial charge on any atom is -0.443 e. The SMILES string of the molecule is c1ccc(-c2ccc(N(c3ccc(-c4cccc5ccccc45)cc3)c3ccccc3-c3cccc4ncoc34)cc2)cc1. The average molecular weight is 565 g/mol. The van der Waals surface area contributed by atoms with Crippen LogP contribution in [0.4, 0.5) is 17.1 Å². The molecule has 0 radical (unpaired) electrons. The molecular formula is C41H28N2O. The normalized spacial score (nSPS) is 11.2. The van der Waals surface area contributed by atoms with Gasteiger partial charge in [-0.25, -0.2) is 4.98 Å². The van der Waals surface area contributed by atoms with Crippen molar-refractivity contribution in [2.75, 3.05) is 4.90 Å². The summed E-state index contributed by atoms with van der Waals surface area (Å²) >= 11 is 0. The summed E-state index contributed by atoms with van der Waals surface area (Å²) in [6, 6.07) is 57.8. The standard InChI is InChI=1S/C41H28N2O/c1-2-10-29(11-3-1)30-20-24-33(25-21-30)43(40-19-7-6-15-37(40)38-17-9-18-39-41(38)44-28-42-39)34-26-22-32(23-27-34)36-16-8-13-31-12-4-5-14-35(31)36/h1-28H. The first kappa shape index (κ1) is 25.8. The number of aromatic nitrogens is 1. The monoisotopic (exact) mass is 564 g/mol. The van der Waals surface area contributed by atoms with E-state index in [4.69, 9.17) is 4.42 Å². The molecule has 0 aliphatic rings. The Labute approximate surface area is 256 Å². The van der Waals surface area contributed by atoms with Crippen molar-refractivity contribution in [2.24, 2.45) is 0 Å². The molecule has 8 aromatic rings. The van der Waals surface area contributed by atoms with Crippen molar-refractivity contribution < 1.29 is 4.42 Å². The van der Waals surface area contributed by atoms with E-state index in [0.29, 0.717) is 0 Å². The third-order valence-electron chi connectivity index (χ3n) is 8.25.